The van der Waals surface area contributed by atoms with Crippen LogP contribution in [0.1, 0.15) is 45.1 Å². The molecular weight excluding hydrogens is 372 g/mol. The Balaban J connectivity index is 1.36. The summed E-state index contributed by atoms with van der Waals surface area (Å²) in [6, 6.07) is 19.5. The van der Waals surface area contributed by atoms with Crippen LogP contribution in [0.25, 0.3) is 0 Å². The van der Waals surface area contributed by atoms with E-state index in [9.17, 15) is 0 Å². The Morgan fingerprint density at radius 1 is 1.03 bits per heavy atom. The van der Waals surface area contributed by atoms with Gasteiger partial charge in [-0.1, -0.05) is 44.2 Å². The second-order valence-corrected chi connectivity index (χ2v) is 10.5. The van der Waals surface area contributed by atoms with Crippen LogP contribution in [0, 0.1) is 17.3 Å². The van der Waals surface area contributed by atoms with Crippen molar-refractivity contribution < 1.29 is 9.57 Å². The van der Waals surface area contributed by atoms with Crippen molar-refractivity contribution in [3.8, 4) is 5.75 Å². The number of methoxy groups -OCH3 is 1. The smallest absolute Gasteiger partial charge is 0.119 e. The third-order valence-corrected chi connectivity index (χ3v) is 8.88. The van der Waals surface area contributed by atoms with Crippen molar-refractivity contribution >= 4 is 5.69 Å². The number of fused-ring (bicyclic) bond motifs is 2. The van der Waals surface area contributed by atoms with Crippen LogP contribution in [-0.2, 0) is 10.4 Å². The third-order valence-electron chi connectivity index (χ3n) is 8.88. The number of hydrogen-bond acceptors (Lipinski definition) is 4. The average Bonchev–Trinajstić information content (AvgIpc) is 3.26. The molecule has 4 atom stereocenters. The first-order valence-corrected chi connectivity index (χ1v) is 11.4. The predicted octanol–water partition coefficient (Wildman–Crippen LogP) is 5.20. The first-order valence-electron chi connectivity index (χ1n) is 11.4. The maximum Gasteiger partial charge on any atom is 0.119 e. The van der Waals surface area contributed by atoms with Gasteiger partial charge in [0.15, 0.2) is 0 Å². The molecule has 1 spiro atoms. The van der Waals surface area contributed by atoms with Gasteiger partial charge in [-0.3, -0.25) is 4.84 Å². The molecule has 5 aliphatic rings. The minimum atomic E-state index is -0.0836. The Kier molecular flexibility index (Phi) is 3.89. The lowest BCUT2D eigenvalue weighted by Gasteiger charge is -2.63. The van der Waals surface area contributed by atoms with E-state index >= 15 is 0 Å². The molecule has 2 saturated heterocycles. The highest BCUT2D eigenvalue weighted by molar-refractivity contribution is 5.51. The number of hydroxylamine groups is 2. The molecule has 0 unspecified atom stereocenters. The summed E-state index contributed by atoms with van der Waals surface area (Å²) in [6.07, 6.45) is 4.95. The largest absolute Gasteiger partial charge is 0.497 e. The molecule has 2 bridgehead atoms. The first-order chi connectivity index (χ1) is 14.5. The van der Waals surface area contributed by atoms with Gasteiger partial charge in [0.25, 0.3) is 0 Å². The molecule has 2 aromatic carbocycles. The van der Waals surface area contributed by atoms with Gasteiger partial charge in [-0.05, 0) is 66.3 Å². The van der Waals surface area contributed by atoms with Crippen molar-refractivity contribution in [1.82, 2.24) is 5.06 Å². The lowest BCUT2D eigenvalue weighted by atomic mass is 9.43. The van der Waals surface area contributed by atoms with E-state index in [1.54, 1.807) is 7.11 Å². The summed E-state index contributed by atoms with van der Waals surface area (Å²) in [4.78, 5) is 9.48. The fraction of sp³-hybridized carbons (Fsp3) is 0.538. The van der Waals surface area contributed by atoms with Gasteiger partial charge in [0, 0.05) is 18.7 Å². The Hall–Kier alpha value is -2.04. The number of anilines is 1. The van der Waals surface area contributed by atoms with Crippen LogP contribution in [-0.4, -0.2) is 31.0 Å². The lowest BCUT2D eigenvalue weighted by molar-refractivity contribution is -0.285. The zero-order valence-electron chi connectivity index (χ0n) is 18.3. The first kappa shape index (κ1) is 18.7. The van der Waals surface area contributed by atoms with Crippen molar-refractivity contribution in [2.45, 2.75) is 50.7 Å². The third kappa shape index (κ3) is 2.41. The van der Waals surface area contributed by atoms with Crippen LogP contribution in [0.4, 0.5) is 5.69 Å². The molecule has 3 aliphatic carbocycles. The SMILES string of the molecule is COc1ccc(N2CN3O[C@]4(CC[C@H]5C[C@H]4C5(C)C)C[C@@]3(c3ccccc3)C2)cc1. The van der Waals surface area contributed by atoms with E-state index in [0.29, 0.717) is 11.3 Å². The van der Waals surface area contributed by atoms with Crippen molar-refractivity contribution in [2.75, 3.05) is 25.2 Å². The standard InChI is InChI=1S/C26H32N2O2/c1-24(2)20-13-14-26(23(24)15-20)16-25(19-7-5-4-6-8-19)17-27(18-28(25)30-26)21-9-11-22(29-3)12-10-21/h4-12,20,23H,13-18H2,1-3H3/t20-,23-,25-,26+/m0/s1. The van der Waals surface area contributed by atoms with Gasteiger partial charge in [-0.2, -0.15) is 5.06 Å². The van der Waals surface area contributed by atoms with E-state index < -0.39 is 0 Å². The monoisotopic (exact) mass is 404 g/mol. The van der Waals surface area contributed by atoms with E-state index in [4.69, 9.17) is 9.57 Å². The summed E-state index contributed by atoms with van der Waals surface area (Å²) < 4.78 is 5.35. The zero-order chi connectivity index (χ0) is 20.6. The van der Waals surface area contributed by atoms with Gasteiger partial charge >= 0.3 is 0 Å². The summed E-state index contributed by atoms with van der Waals surface area (Å²) in [5.74, 6) is 2.45. The Labute approximate surface area is 179 Å². The molecule has 30 heavy (non-hydrogen) atoms. The quantitative estimate of drug-likeness (QED) is 0.702. The molecule has 0 N–H and O–H groups in total. The highest BCUT2D eigenvalue weighted by atomic mass is 16.7. The van der Waals surface area contributed by atoms with E-state index in [0.717, 1.165) is 31.3 Å². The van der Waals surface area contributed by atoms with Gasteiger partial charge < -0.3 is 9.64 Å². The molecule has 158 valence electrons. The fourth-order valence-electron chi connectivity index (χ4n) is 7.11. The van der Waals surface area contributed by atoms with Gasteiger partial charge in [-0.15, -0.1) is 0 Å². The normalized spacial score (nSPS) is 36.6. The molecule has 7 rings (SSSR count). The summed E-state index contributed by atoms with van der Waals surface area (Å²) in [6.45, 7) is 6.71. The van der Waals surface area contributed by atoms with Gasteiger partial charge in [0.05, 0.1) is 24.9 Å². The fourth-order valence-corrected chi connectivity index (χ4v) is 7.11. The van der Waals surface area contributed by atoms with Gasteiger partial charge in [-0.25, -0.2) is 0 Å². The van der Waals surface area contributed by atoms with Crippen LogP contribution in [0.5, 0.6) is 5.75 Å². The summed E-state index contributed by atoms with van der Waals surface area (Å²) >= 11 is 0. The molecule has 2 aliphatic heterocycles. The van der Waals surface area contributed by atoms with Gasteiger partial charge in [0.1, 0.15) is 5.75 Å². The average molecular weight is 405 g/mol. The molecular formula is C26H32N2O2. The van der Waals surface area contributed by atoms with Crippen molar-refractivity contribution in [3.05, 3.63) is 60.2 Å². The summed E-state index contributed by atoms with van der Waals surface area (Å²) in [7, 11) is 1.72. The molecule has 4 nitrogen and oxygen atoms in total. The van der Waals surface area contributed by atoms with Crippen LogP contribution in [0.3, 0.4) is 0 Å². The van der Waals surface area contributed by atoms with Crippen LogP contribution in [0.15, 0.2) is 54.6 Å². The maximum absolute atomic E-state index is 7.02. The molecule has 0 radical (unpaired) electrons. The topological polar surface area (TPSA) is 24.9 Å². The van der Waals surface area contributed by atoms with E-state index in [2.05, 4.69) is 78.4 Å². The zero-order valence-corrected chi connectivity index (χ0v) is 18.3. The molecule has 3 saturated carbocycles. The number of rotatable bonds is 3. The summed E-state index contributed by atoms with van der Waals surface area (Å²) in [5, 5.41) is 2.33. The maximum atomic E-state index is 7.02. The highest BCUT2D eigenvalue weighted by Crippen LogP contribution is 2.68. The second kappa shape index (κ2) is 6.24. The molecule has 0 aromatic heterocycles. The van der Waals surface area contributed by atoms with Crippen LogP contribution >= 0.6 is 0 Å². The minimum absolute atomic E-state index is 0.0000888. The van der Waals surface area contributed by atoms with Crippen LogP contribution in [0.2, 0.25) is 0 Å². The second-order valence-electron chi connectivity index (χ2n) is 10.5. The number of benzene rings is 2. The van der Waals surface area contributed by atoms with Crippen LogP contribution < -0.4 is 9.64 Å². The Bertz CT molecular complexity index is 941. The minimum Gasteiger partial charge on any atom is -0.497 e. The summed E-state index contributed by atoms with van der Waals surface area (Å²) in [5.41, 5.74) is 2.94. The lowest BCUT2D eigenvalue weighted by Crippen LogP contribution is -2.62. The van der Waals surface area contributed by atoms with E-state index in [-0.39, 0.29) is 11.1 Å². The molecule has 2 aromatic rings. The number of hydrogen-bond donors (Lipinski definition) is 0. The van der Waals surface area contributed by atoms with Gasteiger partial charge in [0.2, 0.25) is 0 Å². The van der Waals surface area contributed by atoms with Crippen molar-refractivity contribution in [1.29, 1.82) is 0 Å². The molecule has 2 heterocycles. The number of ether oxygens (including phenoxy) is 1. The Morgan fingerprint density at radius 2 is 1.80 bits per heavy atom. The van der Waals surface area contributed by atoms with Crippen molar-refractivity contribution in [3.63, 3.8) is 0 Å². The Morgan fingerprint density at radius 3 is 2.47 bits per heavy atom. The van der Waals surface area contributed by atoms with E-state index in [1.165, 1.54) is 30.5 Å². The van der Waals surface area contributed by atoms with Crippen molar-refractivity contribution in [2.24, 2.45) is 17.3 Å². The number of nitrogens with zero attached hydrogens (tertiary/aromatic N) is 2. The molecule has 5 fully saturated rings. The highest BCUT2D eigenvalue weighted by Gasteiger charge is 2.69. The predicted molar refractivity (Wildman–Crippen MR) is 118 cm³/mol. The molecule has 4 heteroatoms. The molecule has 0 amide bonds. The van der Waals surface area contributed by atoms with E-state index in [1.807, 2.05) is 0 Å².